The number of nitrogens with one attached hydrogen (secondary N) is 2. The lowest BCUT2D eigenvalue weighted by atomic mass is 10.0. The highest BCUT2D eigenvalue weighted by atomic mass is 32.2. The number of hydrogen-bond acceptors (Lipinski definition) is 7. The maximum atomic E-state index is 12.7. The van der Waals surface area contributed by atoms with Crippen LogP contribution in [-0.2, 0) is 4.79 Å². The van der Waals surface area contributed by atoms with Gasteiger partial charge in [0.2, 0.25) is 5.91 Å². The fourth-order valence-corrected chi connectivity index (χ4v) is 4.99. The van der Waals surface area contributed by atoms with Crippen LogP contribution in [0.5, 0.6) is 5.75 Å². The Morgan fingerprint density at radius 1 is 1.25 bits per heavy atom. The number of benzene rings is 1. The summed E-state index contributed by atoms with van der Waals surface area (Å²) in [4.78, 5) is 28.6. The molecule has 0 fully saturated rings. The summed E-state index contributed by atoms with van der Waals surface area (Å²) in [5.74, 6) is 2.60. The molecule has 0 spiro atoms. The Hall–Kier alpha value is -3.40. The van der Waals surface area contributed by atoms with Crippen LogP contribution in [0.15, 0.2) is 36.9 Å². The molecule has 1 aromatic carbocycles. The Kier molecular flexibility index (Phi) is 5.30. The third-order valence-electron chi connectivity index (χ3n) is 5.19. The van der Waals surface area contributed by atoms with E-state index in [0.29, 0.717) is 41.1 Å². The average Bonchev–Trinajstić information content (AvgIpc) is 3.33. The van der Waals surface area contributed by atoms with E-state index < -0.39 is 0 Å². The molecule has 10 heteroatoms. The molecule has 1 unspecified atom stereocenters. The zero-order valence-electron chi connectivity index (χ0n) is 18.0. The fraction of sp³-hybridized carbons (Fsp3) is 0.318. The van der Waals surface area contributed by atoms with Crippen LogP contribution in [0.2, 0.25) is 0 Å². The minimum atomic E-state index is -0.125. The normalized spacial score (nSPS) is 16.1. The molecule has 164 valence electrons. The van der Waals surface area contributed by atoms with Gasteiger partial charge in [0.05, 0.1) is 29.6 Å². The summed E-state index contributed by atoms with van der Waals surface area (Å²) in [6, 6.07) is 8.01. The van der Waals surface area contributed by atoms with E-state index in [1.54, 1.807) is 22.8 Å². The summed E-state index contributed by atoms with van der Waals surface area (Å²) < 4.78 is 7.80. The summed E-state index contributed by atoms with van der Waals surface area (Å²) in [5.41, 5.74) is 3.96. The van der Waals surface area contributed by atoms with E-state index in [-0.39, 0.29) is 11.2 Å². The molecule has 1 aliphatic rings. The summed E-state index contributed by atoms with van der Waals surface area (Å²) in [6.07, 6.45) is 3.01. The molecule has 1 atom stereocenters. The minimum Gasteiger partial charge on any atom is -0.493 e. The van der Waals surface area contributed by atoms with Crippen molar-refractivity contribution in [3.63, 3.8) is 0 Å². The molecule has 9 nitrogen and oxygen atoms in total. The van der Waals surface area contributed by atoms with Crippen LogP contribution < -0.4 is 10.1 Å². The smallest absolute Gasteiger partial charge is 0.235 e. The predicted octanol–water partition coefficient (Wildman–Crippen LogP) is 3.66. The fourth-order valence-electron chi connectivity index (χ4n) is 3.78. The van der Waals surface area contributed by atoms with Gasteiger partial charge in [0.15, 0.2) is 11.5 Å². The highest BCUT2D eigenvalue weighted by Gasteiger charge is 2.33. The molecule has 1 amide bonds. The van der Waals surface area contributed by atoms with E-state index in [0.717, 1.165) is 22.6 Å². The lowest BCUT2D eigenvalue weighted by Gasteiger charge is -2.20. The van der Waals surface area contributed by atoms with Gasteiger partial charge in [-0.1, -0.05) is 32.0 Å². The Labute approximate surface area is 189 Å². The number of fused-ring (bicyclic) bond motifs is 2. The number of aromatic nitrogens is 6. The molecule has 32 heavy (non-hydrogen) atoms. The number of anilines is 1. The van der Waals surface area contributed by atoms with Crippen molar-refractivity contribution in [2.75, 3.05) is 17.7 Å². The quantitative estimate of drug-likeness (QED) is 0.478. The van der Waals surface area contributed by atoms with Gasteiger partial charge in [0.25, 0.3) is 0 Å². The van der Waals surface area contributed by atoms with Crippen molar-refractivity contribution < 1.29 is 9.53 Å². The predicted molar refractivity (Wildman–Crippen MR) is 123 cm³/mol. The number of ether oxygens (including phenoxy) is 1. The number of imidazole rings is 1. The first-order valence-electron chi connectivity index (χ1n) is 10.4. The summed E-state index contributed by atoms with van der Waals surface area (Å²) in [7, 11) is 0. The zero-order chi connectivity index (χ0) is 22.2. The molecular weight excluding hydrogens is 426 g/mol. The number of rotatable bonds is 5. The van der Waals surface area contributed by atoms with Crippen LogP contribution in [-0.4, -0.2) is 48.0 Å². The number of aromatic amines is 1. The first-order valence-corrected chi connectivity index (χ1v) is 11.4. The number of aryl methyl sites for hydroxylation is 1. The van der Waals surface area contributed by atoms with Crippen LogP contribution in [0, 0.1) is 12.8 Å². The second-order valence-electron chi connectivity index (χ2n) is 8.04. The average molecular weight is 450 g/mol. The van der Waals surface area contributed by atoms with Crippen molar-refractivity contribution in [1.82, 2.24) is 29.7 Å². The van der Waals surface area contributed by atoms with Gasteiger partial charge in [-0.15, -0.1) is 11.8 Å². The van der Waals surface area contributed by atoms with Crippen molar-refractivity contribution in [3.8, 4) is 11.6 Å². The Morgan fingerprint density at radius 3 is 2.94 bits per heavy atom. The topological polar surface area (TPSA) is 111 Å². The van der Waals surface area contributed by atoms with Crippen molar-refractivity contribution in [2.24, 2.45) is 5.92 Å². The third-order valence-corrected chi connectivity index (χ3v) is 6.44. The highest BCUT2D eigenvalue weighted by molar-refractivity contribution is 8.00. The van der Waals surface area contributed by atoms with Crippen molar-refractivity contribution in [3.05, 3.63) is 53.7 Å². The summed E-state index contributed by atoms with van der Waals surface area (Å²) >= 11 is 1.57. The first kappa shape index (κ1) is 20.5. The second-order valence-corrected chi connectivity index (χ2v) is 9.13. The molecule has 0 saturated carbocycles. The lowest BCUT2D eigenvalue weighted by molar-refractivity contribution is -0.113. The van der Waals surface area contributed by atoms with E-state index in [1.165, 1.54) is 6.33 Å². The third kappa shape index (κ3) is 3.60. The number of nitrogens with zero attached hydrogens (tertiary/aromatic N) is 5. The van der Waals surface area contributed by atoms with E-state index >= 15 is 0 Å². The van der Waals surface area contributed by atoms with Gasteiger partial charge in [-0.25, -0.2) is 15.0 Å². The van der Waals surface area contributed by atoms with Crippen LogP contribution in [0.4, 0.5) is 5.82 Å². The Balaban J connectivity index is 1.67. The number of thioether (sulfide) groups is 1. The maximum Gasteiger partial charge on any atom is 0.235 e. The van der Waals surface area contributed by atoms with Crippen molar-refractivity contribution in [2.45, 2.75) is 26.0 Å². The molecule has 5 rings (SSSR count). The Morgan fingerprint density at radius 2 is 2.09 bits per heavy atom. The van der Waals surface area contributed by atoms with Crippen LogP contribution in [0.25, 0.3) is 17.0 Å². The number of hydrogen-bond donors (Lipinski definition) is 2. The molecule has 0 saturated heterocycles. The van der Waals surface area contributed by atoms with Gasteiger partial charge in [-0.3, -0.25) is 4.79 Å². The highest BCUT2D eigenvalue weighted by Crippen LogP contribution is 2.46. The van der Waals surface area contributed by atoms with Crippen LogP contribution >= 0.6 is 11.8 Å². The number of carbonyl (C=O) groups excluding carboxylic acids is 1. The molecule has 0 bridgehead atoms. The molecule has 1 aliphatic heterocycles. The number of carbonyl (C=O) groups is 1. The number of amides is 1. The molecule has 0 aliphatic carbocycles. The number of H-pyrrole nitrogens is 1. The van der Waals surface area contributed by atoms with Gasteiger partial charge in [-0.05, 0) is 18.9 Å². The first-order chi connectivity index (χ1) is 15.5. The number of para-hydroxylation sites is 1. The molecule has 3 aromatic heterocycles. The maximum absolute atomic E-state index is 12.7. The van der Waals surface area contributed by atoms with Gasteiger partial charge >= 0.3 is 0 Å². The molecule has 4 heterocycles. The lowest BCUT2D eigenvalue weighted by Crippen LogP contribution is -2.16. The van der Waals surface area contributed by atoms with Gasteiger partial charge in [-0.2, -0.15) is 9.78 Å². The SMILES string of the molecule is Cc1nn(-c2ncnc3nc[nH]c23)c2c1C(c1ccccc1OCC(C)C)SCC(=O)N2. The van der Waals surface area contributed by atoms with Crippen LogP contribution in [0.1, 0.15) is 35.9 Å². The largest absolute Gasteiger partial charge is 0.493 e. The van der Waals surface area contributed by atoms with Crippen molar-refractivity contribution >= 4 is 34.7 Å². The minimum absolute atomic E-state index is 0.0876. The molecule has 2 N–H and O–H groups in total. The van der Waals surface area contributed by atoms with E-state index in [2.05, 4.69) is 45.2 Å². The second kappa shape index (κ2) is 8.27. The standard InChI is InChI=1S/C22H23N7O2S/c1-12(2)8-31-15-7-5-4-6-14(15)19-17-13(3)28-29(21(17)27-16(30)9-32-19)22-18-20(24-10-23-18)25-11-26-22/h4-7,10-12,19H,8-9H2,1-3H3,(H,27,30)(H,23,24,25,26). The summed E-state index contributed by atoms with van der Waals surface area (Å²) in [6.45, 7) is 6.81. The van der Waals surface area contributed by atoms with E-state index in [4.69, 9.17) is 9.84 Å². The van der Waals surface area contributed by atoms with E-state index in [1.807, 2.05) is 25.1 Å². The van der Waals surface area contributed by atoms with Crippen molar-refractivity contribution in [1.29, 1.82) is 0 Å². The van der Waals surface area contributed by atoms with Gasteiger partial charge in [0.1, 0.15) is 23.4 Å². The summed E-state index contributed by atoms with van der Waals surface area (Å²) in [5, 5.41) is 7.67. The Bertz CT molecular complexity index is 1300. The molecule has 4 aromatic rings. The van der Waals surface area contributed by atoms with E-state index in [9.17, 15) is 4.79 Å². The molecule has 0 radical (unpaired) electrons. The van der Waals surface area contributed by atoms with Gasteiger partial charge < -0.3 is 15.0 Å². The van der Waals surface area contributed by atoms with Crippen LogP contribution in [0.3, 0.4) is 0 Å². The zero-order valence-corrected chi connectivity index (χ0v) is 18.8. The van der Waals surface area contributed by atoms with Gasteiger partial charge in [0, 0.05) is 11.1 Å². The monoisotopic (exact) mass is 449 g/mol. The molecular formula is C22H23N7O2S.